The van der Waals surface area contributed by atoms with Crippen LogP contribution >= 0.6 is 0 Å². The van der Waals surface area contributed by atoms with E-state index >= 15 is 0 Å². The molecular weight excluding hydrogens is 320 g/mol. The first-order valence-corrected chi connectivity index (χ1v) is 7.70. The van der Waals surface area contributed by atoms with Crippen molar-refractivity contribution in [2.75, 3.05) is 7.11 Å². The van der Waals surface area contributed by atoms with Crippen LogP contribution in [0.5, 0.6) is 0 Å². The third kappa shape index (κ3) is 2.52. The molecule has 5 rings (SSSR count). The molecule has 4 aliphatic rings. The van der Waals surface area contributed by atoms with E-state index in [4.69, 9.17) is 18.9 Å². The normalized spacial score (nSPS) is 39.9. The molecule has 4 bridgehead atoms. The van der Waals surface area contributed by atoms with Crippen molar-refractivity contribution in [3.05, 3.63) is 35.4 Å². The summed E-state index contributed by atoms with van der Waals surface area (Å²) < 4.78 is 26.7. The van der Waals surface area contributed by atoms with Crippen LogP contribution in [0.15, 0.2) is 24.3 Å². The van der Waals surface area contributed by atoms with Crippen molar-refractivity contribution >= 4 is 5.97 Å². The van der Waals surface area contributed by atoms with Crippen molar-refractivity contribution in [2.45, 2.75) is 49.7 Å². The smallest absolute Gasteiger partial charge is 0.337 e. The molecule has 3 aliphatic heterocycles. The minimum atomic E-state index is -0.969. The fourth-order valence-electron chi connectivity index (χ4n) is 3.35. The molecule has 2 N–H and O–H groups in total. The Morgan fingerprint density at radius 1 is 1.04 bits per heavy atom. The van der Waals surface area contributed by atoms with Crippen LogP contribution in [-0.4, -0.2) is 66.4 Å². The summed E-state index contributed by atoms with van der Waals surface area (Å²) in [5.74, 6) is -0.406. The van der Waals surface area contributed by atoms with E-state index in [0.717, 1.165) is 5.56 Å². The minimum absolute atomic E-state index is 0.224. The largest absolute Gasteiger partial charge is 0.465 e. The van der Waals surface area contributed by atoms with Gasteiger partial charge in [0.1, 0.15) is 36.6 Å². The molecule has 7 atom stereocenters. The number of aliphatic hydroxyl groups excluding tert-OH is 2. The van der Waals surface area contributed by atoms with E-state index in [-0.39, 0.29) is 6.61 Å². The summed E-state index contributed by atoms with van der Waals surface area (Å²) in [6, 6.07) is 6.79. The molecule has 1 aromatic rings. The van der Waals surface area contributed by atoms with Crippen molar-refractivity contribution in [1.82, 2.24) is 0 Å². The van der Waals surface area contributed by atoms with Crippen LogP contribution in [0, 0.1) is 0 Å². The van der Waals surface area contributed by atoms with Gasteiger partial charge in [-0.05, 0) is 17.7 Å². The number of carbonyl (C=O) groups is 1. The van der Waals surface area contributed by atoms with Gasteiger partial charge < -0.3 is 33.9 Å². The summed E-state index contributed by atoms with van der Waals surface area (Å²) >= 11 is 0. The number of benzene rings is 1. The summed E-state index contributed by atoms with van der Waals surface area (Å²) in [7, 11) is 1.33. The summed E-state index contributed by atoms with van der Waals surface area (Å²) in [6.07, 6.45) is -4.47. The van der Waals surface area contributed by atoms with Crippen LogP contribution in [0.25, 0.3) is 0 Å². The Kier molecular flexibility index (Phi) is 4.03. The Hall–Kier alpha value is -1.55. The molecule has 0 aromatic heterocycles. The van der Waals surface area contributed by atoms with E-state index < -0.39 is 49.1 Å². The quantitative estimate of drug-likeness (QED) is 0.712. The number of hydrogen-bond acceptors (Lipinski definition) is 8. The third-order valence-corrected chi connectivity index (χ3v) is 4.62. The van der Waals surface area contributed by atoms with Gasteiger partial charge in [-0.1, -0.05) is 12.1 Å². The molecule has 3 saturated heterocycles. The zero-order valence-electron chi connectivity index (χ0n) is 12.9. The first kappa shape index (κ1) is 15.9. The lowest BCUT2D eigenvalue weighted by Crippen LogP contribution is -2.75. The first-order valence-electron chi connectivity index (χ1n) is 7.70. The van der Waals surface area contributed by atoms with Gasteiger partial charge >= 0.3 is 5.97 Å². The monoisotopic (exact) mass is 338 g/mol. The van der Waals surface area contributed by atoms with Gasteiger partial charge in [-0.2, -0.15) is 0 Å². The highest BCUT2D eigenvalue weighted by Crippen LogP contribution is 2.41. The maximum absolute atomic E-state index is 11.4. The van der Waals surface area contributed by atoms with Crippen LogP contribution in [0.4, 0.5) is 0 Å². The fourth-order valence-corrected chi connectivity index (χ4v) is 3.35. The van der Waals surface area contributed by atoms with E-state index in [9.17, 15) is 15.0 Å². The predicted octanol–water partition coefficient (Wildman–Crippen LogP) is -0.440. The summed E-state index contributed by atoms with van der Waals surface area (Å²) in [4.78, 5) is 11.4. The van der Waals surface area contributed by atoms with Gasteiger partial charge in [0.2, 0.25) is 0 Å². The van der Waals surface area contributed by atoms with Crippen molar-refractivity contribution in [3.63, 3.8) is 0 Å². The number of ether oxygens (including phenoxy) is 5. The van der Waals surface area contributed by atoms with Crippen LogP contribution in [0.3, 0.4) is 0 Å². The molecular formula is C16H18O8. The standard InChI is InChI=1S/C16H18O8/c1-20-15(19)8-4-2-7(3-5-8)6-21-14-12-9(17)11-10(18)13(14)24-16(22-11)23-12/h2-5,9-14,16-18H,6H2,1H3/t9-,10+,11?,12-,13+,14?,16?. The van der Waals surface area contributed by atoms with E-state index in [2.05, 4.69) is 4.74 Å². The SMILES string of the molecule is COC(=O)c1ccc(COC2[C@H]3OC4OC([C@@H](O)[C@H]2O4)[C@@H]3O)cc1. The highest BCUT2D eigenvalue weighted by molar-refractivity contribution is 5.89. The molecule has 130 valence electrons. The Bertz CT molecular complexity index is 597. The molecule has 8 nitrogen and oxygen atoms in total. The van der Waals surface area contributed by atoms with Gasteiger partial charge in [-0.25, -0.2) is 4.79 Å². The van der Waals surface area contributed by atoms with Gasteiger partial charge in [0.15, 0.2) is 0 Å². The zero-order chi connectivity index (χ0) is 16.8. The third-order valence-electron chi connectivity index (χ3n) is 4.62. The molecule has 8 heteroatoms. The molecule has 4 fully saturated rings. The van der Waals surface area contributed by atoms with E-state index in [1.807, 2.05) is 0 Å². The van der Waals surface area contributed by atoms with Crippen LogP contribution in [0.1, 0.15) is 15.9 Å². The number of aliphatic hydroxyl groups is 2. The summed E-state index contributed by atoms with van der Waals surface area (Å²) in [5, 5.41) is 20.4. The average molecular weight is 338 g/mol. The molecule has 24 heavy (non-hydrogen) atoms. The molecule has 0 amide bonds. The Morgan fingerprint density at radius 3 is 2.21 bits per heavy atom. The van der Waals surface area contributed by atoms with Gasteiger partial charge in [-0.15, -0.1) is 0 Å². The van der Waals surface area contributed by atoms with Gasteiger partial charge in [0.05, 0.1) is 19.3 Å². The maximum atomic E-state index is 11.4. The van der Waals surface area contributed by atoms with Crippen LogP contribution in [-0.2, 0) is 30.3 Å². The molecule has 1 aromatic carbocycles. The number of rotatable bonds is 4. The van der Waals surface area contributed by atoms with Crippen LogP contribution in [0.2, 0.25) is 0 Å². The number of methoxy groups -OCH3 is 1. The van der Waals surface area contributed by atoms with Crippen molar-refractivity contribution in [2.24, 2.45) is 0 Å². The molecule has 0 spiro atoms. The van der Waals surface area contributed by atoms with Crippen LogP contribution < -0.4 is 0 Å². The topological polar surface area (TPSA) is 104 Å². The van der Waals surface area contributed by atoms with Gasteiger partial charge in [-0.3, -0.25) is 0 Å². The van der Waals surface area contributed by atoms with Crippen molar-refractivity contribution < 1.29 is 38.7 Å². The van der Waals surface area contributed by atoms with Gasteiger partial charge in [0.25, 0.3) is 6.48 Å². The second-order valence-corrected chi connectivity index (χ2v) is 6.04. The Labute approximate surface area is 137 Å². The molecule has 1 saturated carbocycles. The highest BCUT2D eigenvalue weighted by Gasteiger charge is 2.61. The summed E-state index contributed by atoms with van der Waals surface area (Å²) in [5.41, 5.74) is 1.28. The lowest BCUT2D eigenvalue weighted by molar-refractivity contribution is -0.484. The van der Waals surface area contributed by atoms with E-state index in [1.54, 1.807) is 24.3 Å². The predicted molar refractivity (Wildman–Crippen MR) is 76.8 cm³/mol. The fraction of sp³-hybridized carbons (Fsp3) is 0.562. The first-order chi connectivity index (χ1) is 11.6. The molecule has 0 radical (unpaired) electrons. The Balaban J connectivity index is 1.43. The van der Waals surface area contributed by atoms with E-state index in [1.165, 1.54) is 7.11 Å². The Morgan fingerprint density at radius 2 is 1.62 bits per heavy atom. The second kappa shape index (κ2) is 6.07. The number of hydrogen-bond donors (Lipinski definition) is 2. The zero-order valence-corrected chi connectivity index (χ0v) is 12.9. The summed E-state index contributed by atoms with van der Waals surface area (Å²) in [6.45, 7) is -0.641. The number of esters is 1. The maximum Gasteiger partial charge on any atom is 0.337 e. The van der Waals surface area contributed by atoms with Crippen molar-refractivity contribution in [3.8, 4) is 0 Å². The molecule has 3 unspecified atom stereocenters. The molecule has 3 heterocycles. The van der Waals surface area contributed by atoms with E-state index in [0.29, 0.717) is 5.56 Å². The number of carbonyl (C=O) groups excluding carboxylic acids is 1. The van der Waals surface area contributed by atoms with Crippen molar-refractivity contribution in [1.29, 1.82) is 0 Å². The average Bonchev–Trinajstić information content (AvgIpc) is 2.61. The lowest BCUT2D eigenvalue weighted by atomic mass is 9.82. The molecule has 1 aliphatic carbocycles. The lowest BCUT2D eigenvalue weighted by Gasteiger charge is -2.56. The highest BCUT2D eigenvalue weighted by atomic mass is 16.9. The van der Waals surface area contributed by atoms with Gasteiger partial charge in [0, 0.05) is 0 Å². The minimum Gasteiger partial charge on any atom is -0.465 e. The second-order valence-electron chi connectivity index (χ2n) is 6.04.